The second kappa shape index (κ2) is 7.92. The molecule has 0 bridgehead atoms. The van der Waals surface area contributed by atoms with Crippen LogP contribution in [0, 0.1) is 0 Å². The molecular weight excluding hydrogens is 284 g/mol. The average Bonchev–Trinajstić information content (AvgIpc) is 2.43. The van der Waals surface area contributed by atoms with Gasteiger partial charge in [0, 0.05) is 26.8 Å². The van der Waals surface area contributed by atoms with Crippen LogP contribution in [-0.4, -0.2) is 56.6 Å². The topological polar surface area (TPSA) is 95.9 Å². The molecule has 20 heavy (non-hydrogen) atoms. The summed E-state index contributed by atoms with van der Waals surface area (Å²) < 4.78 is 32.8. The van der Waals surface area contributed by atoms with E-state index in [0.717, 1.165) is 32.1 Å². The van der Waals surface area contributed by atoms with Gasteiger partial charge in [0.15, 0.2) is 0 Å². The van der Waals surface area contributed by atoms with Crippen LogP contribution < -0.4 is 4.72 Å². The molecule has 0 saturated heterocycles. The van der Waals surface area contributed by atoms with Crippen molar-refractivity contribution in [1.82, 2.24) is 9.03 Å². The van der Waals surface area contributed by atoms with Crippen LogP contribution in [0.3, 0.4) is 0 Å². The molecule has 1 unspecified atom stereocenters. The van der Waals surface area contributed by atoms with Crippen molar-refractivity contribution in [3.05, 3.63) is 0 Å². The Morgan fingerprint density at radius 1 is 1.40 bits per heavy atom. The number of methoxy groups -OCH3 is 1. The molecule has 0 amide bonds. The number of carbonyl (C=O) groups is 1. The standard InChI is InChI=1S/C12H24N2O5S/c1-14(10-6-4-3-5-7-10)20(17,18)13-11(12(15)16)8-9-19-2/h10-11,13H,3-9H2,1-2H3,(H,15,16). The summed E-state index contributed by atoms with van der Waals surface area (Å²) in [6.07, 6.45) is 4.90. The third-order valence-corrected chi connectivity index (χ3v) is 5.31. The third kappa shape index (κ3) is 5.01. The minimum atomic E-state index is -3.79. The van der Waals surface area contributed by atoms with Gasteiger partial charge in [0.05, 0.1) is 0 Å². The van der Waals surface area contributed by atoms with E-state index in [2.05, 4.69) is 4.72 Å². The third-order valence-electron chi connectivity index (χ3n) is 3.67. The van der Waals surface area contributed by atoms with E-state index >= 15 is 0 Å². The SMILES string of the molecule is COCCC(NS(=O)(=O)N(C)C1CCCCC1)C(=O)O. The summed E-state index contributed by atoms with van der Waals surface area (Å²) in [7, 11) is -0.834. The van der Waals surface area contributed by atoms with Crippen molar-refractivity contribution in [2.24, 2.45) is 0 Å². The summed E-state index contributed by atoms with van der Waals surface area (Å²) in [4.78, 5) is 11.1. The predicted octanol–water partition coefficient (Wildman–Crippen LogP) is 0.575. The Morgan fingerprint density at radius 3 is 2.50 bits per heavy atom. The predicted molar refractivity (Wildman–Crippen MR) is 74.6 cm³/mol. The van der Waals surface area contributed by atoms with Crippen LogP contribution in [0.5, 0.6) is 0 Å². The van der Waals surface area contributed by atoms with Gasteiger partial charge in [0.2, 0.25) is 0 Å². The minimum absolute atomic E-state index is 0.0434. The number of rotatable bonds is 8. The van der Waals surface area contributed by atoms with E-state index in [9.17, 15) is 13.2 Å². The van der Waals surface area contributed by atoms with Crippen molar-refractivity contribution in [3.63, 3.8) is 0 Å². The molecule has 1 saturated carbocycles. The highest BCUT2D eigenvalue weighted by Crippen LogP contribution is 2.23. The first-order valence-electron chi connectivity index (χ1n) is 6.85. The molecule has 118 valence electrons. The van der Waals surface area contributed by atoms with E-state index in [1.165, 1.54) is 18.5 Å². The maximum atomic E-state index is 12.2. The van der Waals surface area contributed by atoms with Crippen LogP contribution in [0.15, 0.2) is 0 Å². The zero-order valence-corrected chi connectivity index (χ0v) is 12.9. The van der Waals surface area contributed by atoms with Crippen LogP contribution in [0.4, 0.5) is 0 Å². The van der Waals surface area contributed by atoms with Gasteiger partial charge < -0.3 is 9.84 Å². The fourth-order valence-electron chi connectivity index (χ4n) is 2.37. The van der Waals surface area contributed by atoms with Crippen molar-refractivity contribution in [2.45, 2.75) is 50.6 Å². The van der Waals surface area contributed by atoms with Crippen LogP contribution in [0.25, 0.3) is 0 Å². The molecule has 1 aliphatic carbocycles. The highest BCUT2D eigenvalue weighted by molar-refractivity contribution is 7.87. The van der Waals surface area contributed by atoms with Gasteiger partial charge in [-0.15, -0.1) is 0 Å². The van der Waals surface area contributed by atoms with E-state index in [1.807, 2.05) is 0 Å². The van der Waals surface area contributed by atoms with Gasteiger partial charge in [-0.25, -0.2) is 0 Å². The van der Waals surface area contributed by atoms with Gasteiger partial charge in [0.25, 0.3) is 10.2 Å². The quantitative estimate of drug-likeness (QED) is 0.683. The Labute approximate surface area is 120 Å². The maximum Gasteiger partial charge on any atom is 0.321 e. The van der Waals surface area contributed by atoms with Gasteiger partial charge in [-0.2, -0.15) is 17.4 Å². The molecule has 2 N–H and O–H groups in total. The monoisotopic (exact) mass is 308 g/mol. The van der Waals surface area contributed by atoms with Gasteiger partial charge >= 0.3 is 5.97 Å². The molecule has 0 radical (unpaired) electrons. The largest absolute Gasteiger partial charge is 0.480 e. The molecule has 0 aromatic heterocycles. The van der Waals surface area contributed by atoms with Crippen molar-refractivity contribution in [3.8, 4) is 0 Å². The highest BCUT2D eigenvalue weighted by atomic mass is 32.2. The first-order chi connectivity index (χ1) is 9.38. The van der Waals surface area contributed by atoms with Crippen LogP contribution in [-0.2, 0) is 19.7 Å². The van der Waals surface area contributed by atoms with Crippen molar-refractivity contribution in [1.29, 1.82) is 0 Å². The number of nitrogens with zero attached hydrogens (tertiary/aromatic N) is 1. The summed E-state index contributed by atoms with van der Waals surface area (Å²) >= 11 is 0. The first kappa shape index (κ1) is 17.4. The molecule has 0 aromatic carbocycles. The number of carboxylic acid groups (broad SMARTS) is 1. The van der Waals surface area contributed by atoms with E-state index in [-0.39, 0.29) is 19.1 Å². The summed E-state index contributed by atoms with van der Waals surface area (Å²) in [6.45, 7) is 0.187. The van der Waals surface area contributed by atoms with Gasteiger partial charge in [-0.05, 0) is 19.3 Å². The van der Waals surface area contributed by atoms with Crippen molar-refractivity contribution < 1.29 is 23.1 Å². The summed E-state index contributed by atoms with van der Waals surface area (Å²) in [5.41, 5.74) is 0. The normalized spacial score (nSPS) is 19.1. The van der Waals surface area contributed by atoms with E-state index in [1.54, 1.807) is 0 Å². The minimum Gasteiger partial charge on any atom is -0.480 e. The zero-order chi connectivity index (χ0) is 15.2. The fourth-order valence-corrected chi connectivity index (χ4v) is 3.72. The Bertz CT molecular complexity index is 406. The molecule has 7 nitrogen and oxygen atoms in total. The summed E-state index contributed by atoms with van der Waals surface area (Å²) in [6, 6.07) is -1.20. The molecule has 1 aliphatic rings. The average molecular weight is 308 g/mol. The number of nitrogens with one attached hydrogen (secondary N) is 1. The van der Waals surface area contributed by atoms with Crippen LogP contribution in [0.1, 0.15) is 38.5 Å². The Kier molecular flexibility index (Phi) is 6.87. The van der Waals surface area contributed by atoms with Crippen molar-refractivity contribution in [2.75, 3.05) is 20.8 Å². The number of aliphatic carboxylic acids is 1. The van der Waals surface area contributed by atoms with Gasteiger partial charge in [0.1, 0.15) is 6.04 Å². The lowest BCUT2D eigenvalue weighted by atomic mass is 9.96. The molecule has 1 rings (SSSR count). The van der Waals surface area contributed by atoms with Crippen molar-refractivity contribution >= 4 is 16.2 Å². The van der Waals surface area contributed by atoms with Gasteiger partial charge in [-0.3, -0.25) is 4.79 Å². The Morgan fingerprint density at radius 2 is 2.00 bits per heavy atom. The second-order valence-corrected chi connectivity index (χ2v) is 6.87. The Balaban J connectivity index is 2.67. The lowest BCUT2D eigenvalue weighted by Gasteiger charge is -2.31. The van der Waals surface area contributed by atoms with Gasteiger partial charge in [-0.1, -0.05) is 19.3 Å². The smallest absolute Gasteiger partial charge is 0.321 e. The summed E-state index contributed by atoms with van der Waals surface area (Å²) in [5.74, 6) is -1.19. The molecule has 1 fully saturated rings. The fraction of sp³-hybridized carbons (Fsp3) is 0.917. The van der Waals surface area contributed by atoms with E-state index < -0.39 is 22.2 Å². The molecule has 0 heterocycles. The number of hydrogen-bond acceptors (Lipinski definition) is 4. The van der Waals surface area contributed by atoms with Crippen LogP contribution in [0.2, 0.25) is 0 Å². The highest BCUT2D eigenvalue weighted by Gasteiger charge is 2.31. The van der Waals surface area contributed by atoms with E-state index in [0.29, 0.717) is 0 Å². The number of hydrogen-bond donors (Lipinski definition) is 2. The molecule has 1 atom stereocenters. The number of ether oxygens (including phenoxy) is 1. The zero-order valence-electron chi connectivity index (χ0n) is 12.0. The van der Waals surface area contributed by atoms with Crippen LogP contribution >= 0.6 is 0 Å². The lowest BCUT2D eigenvalue weighted by molar-refractivity contribution is -0.139. The molecule has 0 aliphatic heterocycles. The molecular formula is C12H24N2O5S. The molecule has 8 heteroatoms. The Hall–Kier alpha value is -0.700. The molecule has 0 aromatic rings. The first-order valence-corrected chi connectivity index (χ1v) is 8.29. The number of carboxylic acids is 1. The summed E-state index contributed by atoms with van der Waals surface area (Å²) in [5, 5.41) is 9.05. The molecule has 0 spiro atoms. The maximum absolute atomic E-state index is 12.2. The van der Waals surface area contributed by atoms with E-state index in [4.69, 9.17) is 9.84 Å². The lowest BCUT2D eigenvalue weighted by Crippen LogP contribution is -2.50. The second-order valence-electron chi connectivity index (χ2n) is 5.10.